The van der Waals surface area contributed by atoms with E-state index in [1.807, 2.05) is 0 Å². The Balaban J connectivity index is 2.17. The fraction of sp³-hybridized carbons (Fsp3) is 0.846. The van der Waals surface area contributed by atoms with Gasteiger partial charge in [0.05, 0.1) is 19.6 Å². The maximum atomic E-state index is 11.9. The average Bonchev–Trinajstić information content (AvgIpc) is 2.39. The molecule has 0 bridgehead atoms. The van der Waals surface area contributed by atoms with Crippen LogP contribution in [0, 0.1) is 0 Å². The van der Waals surface area contributed by atoms with E-state index in [-0.39, 0.29) is 18.0 Å². The highest BCUT2D eigenvalue weighted by Gasteiger charge is 2.19. The Morgan fingerprint density at radius 1 is 1.39 bits per heavy atom. The van der Waals surface area contributed by atoms with Gasteiger partial charge in [-0.2, -0.15) is 0 Å². The van der Waals surface area contributed by atoms with E-state index in [2.05, 4.69) is 4.74 Å². The second-order valence-electron chi connectivity index (χ2n) is 4.69. The first kappa shape index (κ1) is 15.0. The highest BCUT2D eigenvalue weighted by atomic mass is 16.5. The van der Waals surface area contributed by atoms with Crippen LogP contribution in [0.1, 0.15) is 38.5 Å². The lowest BCUT2D eigenvalue weighted by Crippen LogP contribution is -2.33. The monoisotopic (exact) mass is 257 g/mol. The molecule has 0 aromatic rings. The fourth-order valence-corrected chi connectivity index (χ4v) is 2.01. The molecular formula is C13H23NO4. The highest BCUT2D eigenvalue weighted by molar-refractivity contribution is 5.76. The number of carbonyl (C=O) groups is 2. The number of hydrogen-bond acceptors (Lipinski definition) is 4. The molecule has 1 aliphatic rings. The topological polar surface area (TPSA) is 55.8 Å². The zero-order valence-electron chi connectivity index (χ0n) is 11.3. The summed E-state index contributed by atoms with van der Waals surface area (Å²) in [6.45, 7) is 1.35. The summed E-state index contributed by atoms with van der Waals surface area (Å²) >= 11 is 0. The lowest BCUT2D eigenvalue weighted by Gasteiger charge is -2.24. The van der Waals surface area contributed by atoms with Crippen molar-refractivity contribution >= 4 is 11.9 Å². The Bertz CT molecular complexity index is 274. The molecule has 0 radical (unpaired) electrons. The molecule has 1 saturated heterocycles. The van der Waals surface area contributed by atoms with Gasteiger partial charge in [0, 0.05) is 26.6 Å². The zero-order chi connectivity index (χ0) is 13.4. The third kappa shape index (κ3) is 5.49. The summed E-state index contributed by atoms with van der Waals surface area (Å²) in [5, 5.41) is 0. The number of hydrogen-bond donors (Lipinski definition) is 0. The van der Waals surface area contributed by atoms with E-state index in [0.717, 1.165) is 25.9 Å². The fourth-order valence-electron chi connectivity index (χ4n) is 2.01. The minimum Gasteiger partial charge on any atom is -0.469 e. The van der Waals surface area contributed by atoms with Crippen molar-refractivity contribution in [2.75, 3.05) is 27.3 Å². The molecule has 1 fully saturated rings. The minimum atomic E-state index is -0.230. The standard InChI is InChI=1S/C13H23NO4/c1-14(8-5-7-13(16)17-2)12(15)10-11-6-3-4-9-18-11/h11H,3-10H2,1-2H3. The summed E-state index contributed by atoms with van der Waals surface area (Å²) in [4.78, 5) is 24.5. The molecule has 1 rings (SSSR count). The summed E-state index contributed by atoms with van der Waals surface area (Å²) in [5.74, 6) is -0.141. The molecule has 1 heterocycles. The van der Waals surface area contributed by atoms with Crippen molar-refractivity contribution in [1.82, 2.24) is 4.90 Å². The third-order valence-corrected chi connectivity index (χ3v) is 3.20. The van der Waals surface area contributed by atoms with E-state index in [4.69, 9.17) is 4.74 Å². The van der Waals surface area contributed by atoms with Gasteiger partial charge in [-0.05, 0) is 25.7 Å². The number of carbonyl (C=O) groups excluding carboxylic acids is 2. The van der Waals surface area contributed by atoms with Crippen molar-refractivity contribution in [2.45, 2.75) is 44.6 Å². The van der Waals surface area contributed by atoms with Crippen LogP contribution < -0.4 is 0 Å². The lowest BCUT2D eigenvalue weighted by molar-refractivity contribution is -0.141. The second kappa shape index (κ2) is 8.08. The van der Waals surface area contributed by atoms with Crippen molar-refractivity contribution in [3.63, 3.8) is 0 Å². The first-order valence-corrected chi connectivity index (χ1v) is 6.56. The van der Waals surface area contributed by atoms with Crippen LogP contribution >= 0.6 is 0 Å². The molecule has 1 unspecified atom stereocenters. The third-order valence-electron chi connectivity index (χ3n) is 3.20. The van der Waals surface area contributed by atoms with Crippen LogP contribution in [-0.4, -0.2) is 50.2 Å². The van der Waals surface area contributed by atoms with Gasteiger partial charge in [-0.3, -0.25) is 9.59 Å². The summed E-state index contributed by atoms with van der Waals surface area (Å²) in [5.41, 5.74) is 0. The number of methoxy groups -OCH3 is 1. The van der Waals surface area contributed by atoms with Crippen molar-refractivity contribution in [2.24, 2.45) is 0 Å². The number of rotatable bonds is 6. The van der Waals surface area contributed by atoms with Crippen LogP contribution in [0.15, 0.2) is 0 Å². The molecule has 104 valence electrons. The van der Waals surface area contributed by atoms with E-state index in [0.29, 0.717) is 25.8 Å². The summed E-state index contributed by atoms with van der Waals surface area (Å²) in [6.07, 6.45) is 4.74. The van der Waals surface area contributed by atoms with Crippen molar-refractivity contribution in [3.05, 3.63) is 0 Å². The van der Waals surface area contributed by atoms with Crippen molar-refractivity contribution in [3.8, 4) is 0 Å². The van der Waals surface area contributed by atoms with Crippen LogP contribution in [0.2, 0.25) is 0 Å². The molecule has 5 heteroatoms. The molecular weight excluding hydrogens is 234 g/mol. The number of nitrogens with zero attached hydrogens (tertiary/aromatic N) is 1. The maximum Gasteiger partial charge on any atom is 0.305 e. The predicted molar refractivity (Wildman–Crippen MR) is 67.1 cm³/mol. The molecule has 5 nitrogen and oxygen atoms in total. The first-order chi connectivity index (χ1) is 8.63. The number of esters is 1. The first-order valence-electron chi connectivity index (χ1n) is 6.56. The van der Waals surface area contributed by atoms with E-state index in [1.165, 1.54) is 7.11 Å². The van der Waals surface area contributed by atoms with Crippen LogP contribution in [0.4, 0.5) is 0 Å². The van der Waals surface area contributed by atoms with Gasteiger partial charge in [0.15, 0.2) is 0 Å². The van der Waals surface area contributed by atoms with Gasteiger partial charge >= 0.3 is 5.97 Å². The normalized spacial score (nSPS) is 19.3. The van der Waals surface area contributed by atoms with Crippen molar-refractivity contribution < 1.29 is 19.1 Å². The second-order valence-corrected chi connectivity index (χ2v) is 4.69. The van der Waals surface area contributed by atoms with Gasteiger partial charge < -0.3 is 14.4 Å². The Morgan fingerprint density at radius 2 is 2.17 bits per heavy atom. The van der Waals surface area contributed by atoms with Gasteiger partial charge in [0.2, 0.25) is 5.91 Å². The maximum absolute atomic E-state index is 11.9. The van der Waals surface area contributed by atoms with Gasteiger partial charge in [0.1, 0.15) is 0 Å². The predicted octanol–water partition coefficient (Wildman–Crippen LogP) is 1.36. The van der Waals surface area contributed by atoms with Crippen LogP contribution in [-0.2, 0) is 19.1 Å². The highest BCUT2D eigenvalue weighted by Crippen LogP contribution is 2.16. The quantitative estimate of drug-likeness (QED) is 0.674. The summed E-state index contributed by atoms with van der Waals surface area (Å²) in [6, 6.07) is 0. The molecule has 0 spiro atoms. The Hall–Kier alpha value is -1.10. The number of ether oxygens (including phenoxy) is 2. The molecule has 0 N–H and O–H groups in total. The molecule has 0 aromatic carbocycles. The summed E-state index contributed by atoms with van der Waals surface area (Å²) < 4.78 is 10.1. The van der Waals surface area contributed by atoms with Crippen LogP contribution in [0.5, 0.6) is 0 Å². The largest absolute Gasteiger partial charge is 0.469 e. The van der Waals surface area contributed by atoms with E-state index < -0.39 is 0 Å². The van der Waals surface area contributed by atoms with Gasteiger partial charge in [-0.1, -0.05) is 0 Å². The van der Waals surface area contributed by atoms with Crippen molar-refractivity contribution in [1.29, 1.82) is 0 Å². The number of amides is 1. The molecule has 1 atom stereocenters. The van der Waals surface area contributed by atoms with Gasteiger partial charge in [-0.15, -0.1) is 0 Å². The average molecular weight is 257 g/mol. The smallest absolute Gasteiger partial charge is 0.305 e. The van der Waals surface area contributed by atoms with Crippen LogP contribution in [0.25, 0.3) is 0 Å². The molecule has 0 aliphatic carbocycles. The molecule has 1 amide bonds. The zero-order valence-corrected chi connectivity index (χ0v) is 11.3. The van der Waals surface area contributed by atoms with E-state index in [1.54, 1.807) is 11.9 Å². The Kier molecular flexibility index (Phi) is 6.72. The van der Waals surface area contributed by atoms with E-state index in [9.17, 15) is 9.59 Å². The Morgan fingerprint density at radius 3 is 2.78 bits per heavy atom. The van der Waals surface area contributed by atoms with Gasteiger partial charge in [-0.25, -0.2) is 0 Å². The molecule has 18 heavy (non-hydrogen) atoms. The molecule has 1 aliphatic heterocycles. The minimum absolute atomic E-state index is 0.0781. The van der Waals surface area contributed by atoms with Crippen LogP contribution in [0.3, 0.4) is 0 Å². The Labute approximate surface area is 108 Å². The molecule has 0 aromatic heterocycles. The summed E-state index contributed by atoms with van der Waals surface area (Å²) in [7, 11) is 3.14. The van der Waals surface area contributed by atoms with Gasteiger partial charge in [0.25, 0.3) is 0 Å². The SMILES string of the molecule is COC(=O)CCCN(C)C(=O)CC1CCCCO1. The molecule has 0 saturated carbocycles. The van der Waals surface area contributed by atoms with E-state index >= 15 is 0 Å². The lowest BCUT2D eigenvalue weighted by atomic mass is 10.1.